The number of amides is 1. The van der Waals surface area contributed by atoms with Crippen LogP contribution < -0.4 is 15.2 Å². The van der Waals surface area contributed by atoms with E-state index >= 15 is 0 Å². The standard InChI is InChI=1S/C21H20N2O5/c1-13(14-3-4-16-11-19(28-2)7-5-15(16)9-14)21(25)22-12-17-10-18(23(26)27)6-8-20(17)24/h3-11,13,24H,12H2,1-2H3,(H,22,25)/p-1/t13-/m0/s1. The number of rotatable bonds is 6. The van der Waals surface area contributed by atoms with Crippen LogP contribution in [0.4, 0.5) is 5.69 Å². The van der Waals surface area contributed by atoms with E-state index in [1.54, 1.807) is 14.0 Å². The molecule has 0 spiro atoms. The quantitative estimate of drug-likeness (QED) is 0.523. The summed E-state index contributed by atoms with van der Waals surface area (Å²) in [5.41, 5.74) is 0.832. The highest BCUT2D eigenvalue weighted by molar-refractivity contribution is 5.88. The molecule has 0 saturated carbocycles. The Kier molecular flexibility index (Phi) is 5.44. The van der Waals surface area contributed by atoms with Gasteiger partial charge in [0.1, 0.15) is 5.75 Å². The smallest absolute Gasteiger partial charge is 0.269 e. The molecule has 0 unspecified atom stereocenters. The molecule has 28 heavy (non-hydrogen) atoms. The second kappa shape index (κ2) is 7.96. The van der Waals surface area contributed by atoms with Crippen molar-refractivity contribution in [3.63, 3.8) is 0 Å². The highest BCUT2D eigenvalue weighted by Crippen LogP contribution is 2.26. The number of benzene rings is 3. The van der Waals surface area contributed by atoms with Crippen molar-refractivity contribution in [2.75, 3.05) is 7.11 Å². The summed E-state index contributed by atoms with van der Waals surface area (Å²) in [7, 11) is 1.61. The average molecular weight is 379 g/mol. The first-order valence-corrected chi connectivity index (χ1v) is 8.69. The Morgan fingerprint density at radius 2 is 1.82 bits per heavy atom. The molecule has 0 fully saturated rings. The van der Waals surface area contributed by atoms with Gasteiger partial charge in [0.15, 0.2) is 0 Å². The van der Waals surface area contributed by atoms with Gasteiger partial charge >= 0.3 is 0 Å². The first kappa shape index (κ1) is 19.2. The normalized spacial score (nSPS) is 11.8. The predicted octanol–water partition coefficient (Wildman–Crippen LogP) is 3.25. The Morgan fingerprint density at radius 3 is 2.54 bits per heavy atom. The molecule has 0 aliphatic carbocycles. The third kappa shape index (κ3) is 4.03. The van der Waals surface area contributed by atoms with Crippen molar-refractivity contribution in [2.45, 2.75) is 19.4 Å². The molecule has 3 aromatic carbocycles. The fourth-order valence-electron chi connectivity index (χ4n) is 2.94. The number of nitro groups is 1. The largest absolute Gasteiger partial charge is 0.872 e. The number of nitrogens with zero attached hydrogens (tertiary/aromatic N) is 1. The van der Waals surface area contributed by atoms with Gasteiger partial charge in [0.2, 0.25) is 5.91 Å². The molecule has 7 heteroatoms. The summed E-state index contributed by atoms with van der Waals surface area (Å²) in [4.78, 5) is 22.8. The van der Waals surface area contributed by atoms with E-state index < -0.39 is 10.8 Å². The van der Waals surface area contributed by atoms with Crippen LogP contribution in [-0.4, -0.2) is 17.9 Å². The highest BCUT2D eigenvalue weighted by Gasteiger charge is 2.16. The molecule has 144 valence electrons. The zero-order valence-electron chi connectivity index (χ0n) is 15.5. The van der Waals surface area contributed by atoms with E-state index in [1.165, 1.54) is 6.07 Å². The number of nitro benzene ring substituents is 1. The molecule has 0 saturated heterocycles. The Balaban J connectivity index is 1.73. The lowest BCUT2D eigenvalue weighted by Crippen LogP contribution is -2.28. The van der Waals surface area contributed by atoms with Crippen LogP contribution in [0.15, 0.2) is 54.6 Å². The van der Waals surface area contributed by atoms with Crippen molar-refractivity contribution in [3.05, 3.63) is 75.8 Å². The maximum absolute atomic E-state index is 12.5. The Labute approximate surface area is 161 Å². The van der Waals surface area contributed by atoms with Gasteiger partial charge in [-0.25, -0.2) is 0 Å². The zero-order chi connectivity index (χ0) is 20.3. The van der Waals surface area contributed by atoms with Crippen LogP contribution in [0.5, 0.6) is 11.5 Å². The van der Waals surface area contributed by atoms with Crippen LogP contribution in [0.2, 0.25) is 0 Å². The van der Waals surface area contributed by atoms with Crippen LogP contribution in [-0.2, 0) is 11.3 Å². The lowest BCUT2D eigenvalue weighted by Gasteiger charge is -2.16. The lowest BCUT2D eigenvalue weighted by molar-refractivity contribution is -0.385. The minimum Gasteiger partial charge on any atom is -0.872 e. The van der Waals surface area contributed by atoms with Crippen molar-refractivity contribution in [1.29, 1.82) is 0 Å². The van der Waals surface area contributed by atoms with Gasteiger partial charge in [-0.2, -0.15) is 0 Å². The number of nitrogens with one attached hydrogen (secondary N) is 1. The van der Waals surface area contributed by atoms with Crippen LogP contribution in [0, 0.1) is 10.1 Å². The molecule has 1 amide bonds. The number of methoxy groups -OCH3 is 1. The summed E-state index contributed by atoms with van der Waals surface area (Å²) in [6.07, 6.45) is 0. The van der Waals surface area contributed by atoms with Crippen molar-refractivity contribution < 1.29 is 19.6 Å². The molecule has 0 aromatic heterocycles. The lowest BCUT2D eigenvalue weighted by atomic mass is 9.97. The molecular weight excluding hydrogens is 360 g/mol. The minimum atomic E-state index is -0.572. The van der Waals surface area contributed by atoms with Gasteiger partial charge in [-0.1, -0.05) is 30.3 Å². The molecule has 7 nitrogen and oxygen atoms in total. The fourth-order valence-corrected chi connectivity index (χ4v) is 2.94. The topological polar surface area (TPSA) is 105 Å². The van der Waals surface area contributed by atoms with Crippen molar-refractivity contribution in [3.8, 4) is 11.5 Å². The number of ether oxygens (including phenoxy) is 1. The number of carbonyl (C=O) groups excluding carboxylic acids is 1. The van der Waals surface area contributed by atoms with Crippen molar-refractivity contribution in [1.82, 2.24) is 5.32 Å². The van der Waals surface area contributed by atoms with Gasteiger partial charge in [-0.3, -0.25) is 14.9 Å². The van der Waals surface area contributed by atoms with Crippen LogP contribution >= 0.6 is 0 Å². The van der Waals surface area contributed by atoms with E-state index in [0.29, 0.717) is 0 Å². The van der Waals surface area contributed by atoms with E-state index in [-0.39, 0.29) is 29.5 Å². The number of carbonyl (C=O) groups is 1. The summed E-state index contributed by atoms with van der Waals surface area (Å²) >= 11 is 0. The second-order valence-corrected chi connectivity index (χ2v) is 6.46. The summed E-state index contributed by atoms with van der Waals surface area (Å²) in [6, 6.07) is 14.9. The molecule has 0 heterocycles. The van der Waals surface area contributed by atoms with Crippen molar-refractivity contribution in [2.24, 2.45) is 0 Å². The average Bonchev–Trinajstić information content (AvgIpc) is 2.71. The van der Waals surface area contributed by atoms with Crippen LogP contribution in [0.1, 0.15) is 24.0 Å². The Bertz CT molecular complexity index is 1050. The summed E-state index contributed by atoms with van der Waals surface area (Å²) in [6.45, 7) is 1.71. The summed E-state index contributed by atoms with van der Waals surface area (Å²) < 4.78 is 5.21. The molecule has 0 bridgehead atoms. The minimum absolute atomic E-state index is 0.0610. The molecule has 3 rings (SSSR count). The third-order valence-electron chi connectivity index (χ3n) is 4.67. The first-order valence-electron chi connectivity index (χ1n) is 8.69. The van der Waals surface area contributed by atoms with Gasteiger partial charge in [-0.15, -0.1) is 5.75 Å². The fraction of sp³-hybridized carbons (Fsp3) is 0.190. The number of hydrogen-bond acceptors (Lipinski definition) is 5. The molecule has 1 atom stereocenters. The molecule has 0 radical (unpaired) electrons. The SMILES string of the molecule is COc1ccc2cc([C@H](C)C(=O)NCc3cc([N+](=O)[O-])ccc3[O-])ccc2c1. The summed E-state index contributed by atoms with van der Waals surface area (Å²) in [5, 5.41) is 27.4. The number of non-ortho nitro benzene ring substituents is 1. The molecular formula is C21H19N2O5-. The Morgan fingerprint density at radius 1 is 1.11 bits per heavy atom. The molecule has 0 aliphatic rings. The van der Waals surface area contributed by atoms with Gasteiger partial charge in [0.25, 0.3) is 5.69 Å². The van der Waals surface area contributed by atoms with E-state index in [1.807, 2.05) is 36.4 Å². The van der Waals surface area contributed by atoms with Gasteiger partial charge in [-0.05, 0) is 41.0 Å². The highest BCUT2D eigenvalue weighted by atomic mass is 16.6. The van der Waals surface area contributed by atoms with Gasteiger partial charge in [0, 0.05) is 18.7 Å². The van der Waals surface area contributed by atoms with Gasteiger partial charge < -0.3 is 15.2 Å². The maximum atomic E-state index is 12.5. The Hall–Kier alpha value is -3.61. The third-order valence-corrected chi connectivity index (χ3v) is 4.67. The molecule has 3 aromatic rings. The van der Waals surface area contributed by atoms with E-state index in [2.05, 4.69) is 5.32 Å². The summed E-state index contributed by atoms with van der Waals surface area (Å²) in [5.74, 6) is -0.298. The monoisotopic (exact) mass is 379 g/mol. The number of fused-ring (bicyclic) bond motifs is 1. The second-order valence-electron chi connectivity index (χ2n) is 6.46. The van der Waals surface area contributed by atoms with E-state index in [4.69, 9.17) is 4.74 Å². The molecule has 0 aliphatic heterocycles. The van der Waals surface area contributed by atoms with E-state index in [9.17, 15) is 20.0 Å². The van der Waals surface area contributed by atoms with Crippen LogP contribution in [0.25, 0.3) is 10.8 Å². The van der Waals surface area contributed by atoms with Crippen molar-refractivity contribution >= 4 is 22.4 Å². The van der Waals surface area contributed by atoms with Crippen LogP contribution in [0.3, 0.4) is 0 Å². The van der Waals surface area contributed by atoms with E-state index in [0.717, 1.165) is 34.2 Å². The number of hydrogen-bond donors (Lipinski definition) is 1. The maximum Gasteiger partial charge on any atom is 0.269 e. The van der Waals surface area contributed by atoms with Gasteiger partial charge in [0.05, 0.1) is 18.0 Å². The first-order chi connectivity index (χ1) is 13.4. The zero-order valence-corrected chi connectivity index (χ0v) is 15.5. The molecule has 1 N–H and O–H groups in total. The predicted molar refractivity (Wildman–Crippen MR) is 103 cm³/mol.